The number of carbonyl (C=O) groups is 1. The number of fused-ring (bicyclic) bond motifs is 1. The Morgan fingerprint density at radius 3 is 2.80 bits per heavy atom. The minimum absolute atomic E-state index is 0.00669. The third-order valence-corrected chi connectivity index (χ3v) is 4.31. The van der Waals surface area contributed by atoms with E-state index in [1.54, 1.807) is 6.20 Å². The molecule has 4 heteroatoms. The fourth-order valence-electron chi connectivity index (χ4n) is 3.18. The molecule has 0 aliphatic carbocycles. The Bertz CT molecular complexity index is 778. The molecule has 1 aromatic carbocycles. The summed E-state index contributed by atoms with van der Waals surface area (Å²) in [5, 5.41) is 3.01. The molecule has 1 aliphatic heterocycles. The second-order valence-electron chi connectivity index (χ2n) is 7.95. The predicted molar refractivity (Wildman–Crippen MR) is 99.6 cm³/mol. The number of hydrogen-bond acceptors (Lipinski definition) is 3. The molecule has 3 rings (SSSR count). The molecule has 1 aliphatic rings. The number of hydrogen-bond donors (Lipinski definition) is 1. The maximum atomic E-state index is 12.0. The number of nitrogens with one attached hydrogen (secondary N) is 1. The molecule has 0 fully saturated rings. The van der Waals surface area contributed by atoms with Crippen LogP contribution in [-0.2, 0) is 11.2 Å². The smallest absolute Gasteiger partial charge is 0.220 e. The number of carbonyl (C=O) groups excluding carboxylic acids is 1. The molecular formula is C21H26N2O2. The molecule has 0 saturated carbocycles. The van der Waals surface area contributed by atoms with Gasteiger partial charge in [0.2, 0.25) is 5.91 Å². The zero-order valence-corrected chi connectivity index (χ0v) is 15.4. The number of amides is 1. The summed E-state index contributed by atoms with van der Waals surface area (Å²) in [6.07, 6.45) is 3.11. The maximum Gasteiger partial charge on any atom is 0.220 e. The highest BCUT2D eigenvalue weighted by molar-refractivity contribution is 5.76. The zero-order chi connectivity index (χ0) is 18.0. The van der Waals surface area contributed by atoms with Crippen molar-refractivity contribution in [3.05, 3.63) is 47.7 Å². The summed E-state index contributed by atoms with van der Waals surface area (Å²) >= 11 is 0. The lowest BCUT2D eigenvalue weighted by atomic mass is 9.92. The van der Waals surface area contributed by atoms with Gasteiger partial charge in [0.05, 0.1) is 12.2 Å². The highest BCUT2D eigenvalue weighted by Gasteiger charge is 2.27. The molecule has 1 aromatic heterocycles. The normalized spacial score (nSPS) is 16.2. The van der Waals surface area contributed by atoms with Gasteiger partial charge in [-0.3, -0.25) is 9.78 Å². The second kappa shape index (κ2) is 6.87. The highest BCUT2D eigenvalue weighted by atomic mass is 16.5. The van der Waals surface area contributed by atoms with Crippen molar-refractivity contribution in [2.75, 3.05) is 6.54 Å². The van der Waals surface area contributed by atoms with Crippen LogP contribution in [0, 0.1) is 12.3 Å². The lowest BCUT2D eigenvalue weighted by Crippen LogP contribution is -2.36. The molecule has 0 saturated heterocycles. The molecular weight excluding hydrogens is 312 g/mol. The number of rotatable bonds is 4. The van der Waals surface area contributed by atoms with E-state index in [0.29, 0.717) is 13.0 Å². The largest absolute Gasteiger partial charge is 0.487 e. The van der Waals surface area contributed by atoms with Gasteiger partial charge in [0.15, 0.2) is 0 Å². The number of aromatic nitrogens is 1. The number of aryl methyl sites for hydroxylation is 1. The summed E-state index contributed by atoms with van der Waals surface area (Å²) in [6, 6.07) is 10.2. The van der Waals surface area contributed by atoms with Crippen LogP contribution >= 0.6 is 0 Å². The minimum Gasteiger partial charge on any atom is -0.487 e. The maximum absolute atomic E-state index is 12.0. The first kappa shape index (κ1) is 17.5. The van der Waals surface area contributed by atoms with Crippen LogP contribution in [0.3, 0.4) is 0 Å². The van der Waals surface area contributed by atoms with Crippen molar-refractivity contribution in [1.82, 2.24) is 10.3 Å². The molecule has 0 spiro atoms. The van der Waals surface area contributed by atoms with E-state index in [9.17, 15) is 4.79 Å². The van der Waals surface area contributed by atoms with Crippen molar-refractivity contribution in [1.29, 1.82) is 0 Å². The van der Waals surface area contributed by atoms with Gasteiger partial charge in [0, 0.05) is 24.6 Å². The average Bonchev–Trinajstić information content (AvgIpc) is 2.95. The Balaban J connectivity index is 1.70. The van der Waals surface area contributed by atoms with E-state index in [2.05, 4.69) is 56.2 Å². The number of pyridine rings is 1. The summed E-state index contributed by atoms with van der Waals surface area (Å²) in [4.78, 5) is 16.6. The van der Waals surface area contributed by atoms with Gasteiger partial charge in [-0.1, -0.05) is 39.0 Å². The predicted octanol–water partition coefficient (Wildman–Crippen LogP) is 3.91. The van der Waals surface area contributed by atoms with Crippen molar-refractivity contribution in [3.8, 4) is 17.0 Å². The van der Waals surface area contributed by atoms with Crippen molar-refractivity contribution in [2.24, 2.45) is 5.41 Å². The number of nitrogens with zero attached hydrogens (tertiary/aromatic N) is 1. The van der Waals surface area contributed by atoms with Gasteiger partial charge in [0.1, 0.15) is 11.9 Å². The molecule has 1 N–H and O–H groups in total. The third kappa shape index (κ3) is 4.19. The van der Waals surface area contributed by atoms with Gasteiger partial charge < -0.3 is 10.1 Å². The Kier molecular flexibility index (Phi) is 4.80. The van der Waals surface area contributed by atoms with Crippen molar-refractivity contribution in [2.45, 2.75) is 46.6 Å². The molecule has 1 atom stereocenters. The lowest BCUT2D eigenvalue weighted by molar-refractivity contribution is -0.123. The Morgan fingerprint density at radius 1 is 1.28 bits per heavy atom. The third-order valence-electron chi connectivity index (χ3n) is 4.31. The quantitative estimate of drug-likeness (QED) is 0.919. The summed E-state index contributed by atoms with van der Waals surface area (Å²) in [7, 11) is 0. The lowest BCUT2D eigenvalue weighted by Gasteiger charge is -2.19. The minimum atomic E-state index is -0.0240. The first-order valence-electron chi connectivity index (χ1n) is 8.81. The fraction of sp³-hybridized carbons (Fsp3) is 0.429. The standard InChI is InChI=1S/C21H26N2O2/c1-14-7-6-10-22-19(14)17-9-5-8-15-11-16(25-20(15)17)13-23-18(24)12-21(2,3)4/h5-10,16H,11-13H2,1-4H3,(H,23,24)/t16-/m1/s1. The van der Waals surface area contributed by atoms with E-state index >= 15 is 0 Å². The molecule has 0 radical (unpaired) electrons. The SMILES string of the molecule is Cc1cccnc1-c1cccc2c1O[C@@H](CNC(=O)CC(C)(C)C)C2. The molecule has 0 unspecified atom stereocenters. The van der Waals surface area contributed by atoms with Gasteiger partial charge in [-0.15, -0.1) is 0 Å². The van der Waals surface area contributed by atoms with E-state index < -0.39 is 0 Å². The molecule has 2 heterocycles. The van der Waals surface area contributed by atoms with Crippen LogP contribution in [0.4, 0.5) is 0 Å². The summed E-state index contributed by atoms with van der Waals surface area (Å²) in [5.41, 5.74) is 4.28. The highest BCUT2D eigenvalue weighted by Crippen LogP contribution is 2.38. The van der Waals surface area contributed by atoms with Crippen molar-refractivity contribution in [3.63, 3.8) is 0 Å². The van der Waals surface area contributed by atoms with Crippen LogP contribution in [0.25, 0.3) is 11.3 Å². The Labute approximate surface area is 149 Å². The first-order valence-corrected chi connectivity index (χ1v) is 8.81. The van der Waals surface area contributed by atoms with Crippen LogP contribution in [0.5, 0.6) is 5.75 Å². The van der Waals surface area contributed by atoms with Crippen molar-refractivity contribution >= 4 is 5.91 Å². The fourth-order valence-corrected chi connectivity index (χ4v) is 3.18. The van der Waals surface area contributed by atoms with Crippen LogP contribution < -0.4 is 10.1 Å². The van der Waals surface area contributed by atoms with Gasteiger partial charge in [-0.05, 0) is 35.6 Å². The second-order valence-corrected chi connectivity index (χ2v) is 7.95. The number of para-hydroxylation sites is 1. The molecule has 0 bridgehead atoms. The molecule has 132 valence electrons. The van der Waals surface area contributed by atoms with Crippen LogP contribution in [-0.4, -0.2) is 23.5 Å². The van der Waals surface area contributed by atoms with Gasteiger partial charge in [-0.25, -0.2) is 0 Å². The van der Waals surface area contributed by atoms with E-state index in [1.165, 1.54) is 5.56 Å². The first-order chi connectivity index (χ1) is 11.8. The Hall–Kier alpha value is -2.36. The molecule has 4 nitrogen and oxygen atoms in total. The summed E-state index contributed by atoms with van der Waals surface area (Å²) in [5.74, 6) is 0.979. The van der Waals surface area contributed by atoms with Crippen LogP contribution in [0.2, 0.25) is 0 Å². The van der Waals surface area contributed by atoms with E-state index in [0.717, 1.165) is 29.0 Å². The zero-order valence-electron chi connectivity index (χ0n) is 15.4. The van der Waals surface area contributed by atoms with Crippen LogP contribution in [0.1, 0.15) is 38.3 Å². The van der Waals surface area contributed by atoms with Gasteiger partial charge in [-0.2, -0.15) is 0 Å². The summed E-state index contributed by atoms with van der Waals surface area (Å²) in [6.45, 7) is 8.78. The van der Waals surface area contributed by atoms with Crippen molar-refractivity contribution < 1.29 is 9.53 Å². The molecule has 2 aromatic rings. The topological polar surface area (TPSA) is 51.2 Å². The van der Waals surface area contributed by atoms with E-state index in [4.69, 9.17) is 4.74 Å². The Morgan fingerprint density at radius 2 is 2.08 bits per heavy atom. The molecule has 25 heavy (non-hydrogen) atoms. The van der Waals surface area contributed by atoms with Crippen LogP contribution in [0.15, 0.2) is 36.5 Å². The molecule has 1 amide bonds. The van der Waals surface area contributed by atoms with Gasteiger partial charge in [0.25, 0.3) is 0 Å². The van der Waals surface area contributed by atoms with E-state index in [1.807, 2.05) is 12.1 Å². The van der Waals surface area contributed by atoms with Gasteiger partial charge >= 0.3 is 0 Å². The average molecular weight is 338 g/mol. The number of ether oxygens (including phenoxy) is 1. The summed E-state index contributed by atoms with van der Waals surface area (Å²) < 4.78 is 6.17. The van der Waals surface area contributed by atoms with E-state index in [-0.39, 0.29) is 17.4 Å². The number of benzene rings is 1. The monoisotopic (exact) mass is 338 g/mol.